The van der Waals surface area contributed by atoms with E-state index in [0.717, 1.165) is 18.1 Å². The Morgan fingerprint density at radius 2 is 1.71 bits per heavy atom. The van der Waals surface area contributed by atoms with Gasteiger partial charge >= 0.3 is 0 Å². The van der Waals surface area contributed by atoms with Crippen LogP contribution in [0.5, 0.6) is 0 Å². The molecule has 5 rings (SSSR count). The topological polar surface area (TPSA) is 27.4 Å². The predicted molar refractivity (Wildman–Crippen MR) is 147 cm³/mol. The van der Waals surface area contributed by atoms with Gasteiger partial charge in [0.15, 0.2) is 0 Å². The molecule has 1 unspecified atom stereocenters. The Bertz CT molecular complexity index is 1310. The standard InChI is InChI=1S/C27H30N3OS3/c1-5-28-19-12-8-10-14-21(19)32-23(28)16-17-27(4)26(31)30(7-3)25(34-27)18-24-29(6-2)20-13-9-11-15-22(20)33-24/h8-16,18H,5-7,17H2,1-4H3/q+1/b23-16+. The second kappa shape index (κ2) is 9.44. The van der Waals surface area contributed by atoms with E-state index in [1.165, 1.54) is 30.8 Å². The van der Waals surface area contributed by atoms with E-state index in [1.807, 2.05) is 4.90 Å². The quantitative estimate of drug-likeness (QED) is 0.345. The van der Waals surface area contributed by atoms with E-state index in [0.29, 0.717) is 13.0 Å². The average Bonchev–Trinajstić information content (AvgIpc) is 3.46. The molecule has 0 N–H and O–H groups in total. The molecule has 2 aromatic carbocycles. The summed E-state index contributed by atoms with van der Waals surface area (Å²) in [6.45, 7) is 11.0. The molecule has 1 amide bonds. The van der Waals surface area contributed by atoms with Gasteiger partial charge in [-0.3, -0.25) is 4.79 Å². The zero-order valence-corrected chi connectivity index (χ0v) is 22.5. The molecule has 1 saturated heterocycles. The van der Waals surface area contributed by atoms with Gasteiger partial charge in [-0.1, -0.05) is 65.2 Å². The highest BCUT2D eigenvalue weighted by Gasteiger charge is 2.46. The van der Waals surface area contributed by atoms with E-state index in [1.54, 1.807) is 34.9 Å². The monoisotopic (exact) mass is 508 g/mol. The lowest BCUT2D eigenvalue weighted by Gasteiger charge is -2.22. The fraction of sp³-hybridized carbons (Fsp3) is 0.333. The summed E-state index contributed by atoms with van der Waals surface area (Å²) in [6.07, 6.45) is 5.19. The number of aryl methyl sites for hydroxylation is 1. The minimum absolute atomic E-state index is 0.204. The largest absolute Gasteiger partial charge is 0.336 e. The van der Waals surface area contributed by atoms with E-state index in [4.69, 9.17) is 0 Å². The van der Waals surface area contributed by atoms with Crippen molar-refractivity contribution in [3.05, 3.63) is 69.7 Å². The van der Waals surface area contributed by atoms with Crippen LogP contribution in [0, 0.1) is 0 Å². The summed E-state index contributed by atoms with van der Waals surface area (Å²) in [7, 11) is 0. The Labute approximate surface area is 214 Å². The van der Waals surface area contributed by atoms with Crippen molar-refractivity contribution < 1.29 is 9.36 Å². The molecule has 0 bridgehead atoms. The van der Waals surface area contributed by atoms with Crippen LogP contribution in [0.4, 0.5) is 5.69 Å². The number of rotatable bonds is 6. The van der Waals surface area contributed by atoms with Gasteiger partial charge in [0.2, 0.25) is 11.4 Å². The van der Waals surface area contributed by atoms with Crippen LogP contribution in [-0.4, -0.2) is 28.6 Å². The molecular formula is C27H30N3OS3+. The number of carbonyl (C=O) groups excluding carboxylic acids is 1. The minimum atomic E-state index is -0.503. The lowest BCUT2D eigenvalue weighted by Crippen LogP contribution is -2.36. The minimum Gasteiger partial charge on any atom is -0.336 e. The summed E-state index contributed by atoms with van der Waals surface area (Å²) in [5.41, 5.74) is 2.52. The van der Waals surface area contributed by atoms with Gasteiger partial charge in [-0.15, -0.1) is 0 Å². The van der Waals surface area contributed by atoms with Gasteiger partial charge in [0, 0.05) is 24.1 Å². The van der Waals surface area contributed by atoms with Crippen molar-refractivity contribution in [1.82, 2.24) is 4.90 Å². The van der Waals surface area contributed by atoms with Gasteiger partial charge in [0.25, 0.3) is 5.01 Å². The maximum absolute atomic E-state index is 13.6. The first-order valence-electron chi connectivity index (χ1n) is 11.9. The summed E-state index contributed by atoms with van der Waals surface area (Å²) in [5.74, 6) is 0.204. The van der Waals surface area contributed by atoms with Gasteiger partial charge in [-0.25, -0.2) is 0 Å². The maximum atomic E-state index is 13.6. The third-order valence-electron chi connectivity index (χ3n) is 6.43. The number of benzene rings is 2. The average molecular weight is 509 g/mol. The number of allylic oxidation sites excluding steroid dienone is 1. The summed E-state index contributed by atoms with van der Waals surface area (Å²) in [6, 6.07) is 17.1. The van der Waals surface area contributed by atoms with Crippen molar-refractivity contribution in [2.45, 2.75) is 50.3 Å². The van der Waals surface area contributed by atoms with E-state index in [2.05, 4.69) is 97.8 Å². The third kappa shape index (κ3) is 3.97. The number of para-hydroxylation sites is 2. The fourth-order valence-electron chi connectivity index (χ4n) is 4.66. The highest BCUT2D eigenvalue weighted by atomic mass is 32.2. The lowest BCUT2D eigenvalue weighted by atomic mass is 10.1. The third-order valence-corrected chi connectivity index (χ3v) is 10.0. The molecule has 0 saturated carbocycles. The van der Waals surface area contributed by atoms with E-state index in [-0.39, 0.29) is 5.91 Å². The van der Waals surface area contributed by atoms with Crippen LogP contribution in [0.3, 0.4) is 0 Å². The molecule has 176 valence electrons. The Balaban J connectivity index is 1.44. The number of thiazole rings is 1. The Kier molecular flexibility index (Phi) is 6.53. The molecule has 0 aliphatic carbocycles. The molecule has 7 heteroatoms. The van der Waals surface area contributed by atoms with Crippen molar-refractivity contribution >= 4 is 62.7 Å². The molecule has 3 heterocycles. The number of carbonyl (C=O) groups is 1. The first-order chi connectivity index (χ1) is 16.5. The highest BCUT2D eigenvalue weighted by molar-refractivity contribution is 8.05. The van der Waals surface area contributed by atoms with Gasteiger partial charge in [0.1, 0.15) is 16.0 Å². The summed E-state index contributed by atoms with van der Waals surface area (Å²) >= 11 is 5.31. The molecule has 0 spiro atoms. The number of amides is 1. The van der Waals surface area contributed by atoms with E-state index >= 15 is 0 Å². The second-order valence-corrected chi connectivity index (χ2v) is 12.2. The number of hydrogen-bond acceptors (Lipinski definition) is 5. The van der Waals surface area contributed by atoms with E-state index in [9.17, 15) is 4.79 Å². The number of thioether (sulfide) groups is 2. The lowest BCUT2D eigenvalue weighted by molar-refractivity contribution is -0.665. The van der Waals surface area contributed by atoms with Gasteiger partial charge < -0.3 is 9.80 Å². The molecule has 2 aliphatic heterocycles. The normalized spacial score (nSPS) is 22.5. The SMILES string of the molecule is CCN1C(=O)C(C)(C/C=C2/Sc3ccccc3N2CC)S/C1=C\c1sc2ccccc2[n+]1CC. The molecule has 0 radical (unpaired) electrons. The van der Waals surface area contributed by atoms with Crippen molar-refractivity contribution in [3.63, 3.8) is 0 Å². The van der Waals surface area contributed by atoms with Crippen molar-refractivity contribution in [2.75, 3.05) is 18.0 Å². The van der Waals surface area contributed by atoms with Crippen LogP contribution < -0.4 is 9.47 Å². The van der Waals surface area contributed by atoms with Crippen molar-refractivity contribution in [3.8, 4) is 0 Å². The van der Waals surface area contributed by atoms with Crippen LogP contribution in [0.15, 0.2) is 69.6 Å². The highest BCUT2D eigenvalue weighted by Crippen LogP contribution is 2.49. The first-order valence-corrected chi connectivity index (χ1v) is 14.3. The van der Waals surface area contributed by atoms with Crippen LogP contribution in [-0.2, 0) is 11.3 Å². The molecule has 2 aliphatic rings. The Morgan fingerprint density at radius 3 is 2.47 bits per heavy atom. The zero-order valence-electron chi connectivity index (χ0n) is 20.1. The number of anilines is 1. The Morgan fingerprint density at radius 1 is 0.971 bits per heavy atom. The molecule has 1 aromatic heterocycles. The second-order valence-electron chi connectivity index (χ2n) is 8.58. The molecule has 4 nitrogen and oxygen atoms in total. The van der Waals surface area contributed by atoms with Crippen LogP contribution in [0.25, 0.3) is 16.3 Å². The molecule has 3 aromatic rings. The van der Waals surface area contributed by atoms with Gasteiger partial charge in [0.05, 0.1) is 21.8 Å². The summed E-state index contributed by atoms with van der Waals surface area (Å²) in [5, 5.41) is 3.48. The Hall–Kier alpha value is -2.22. The maximum Gasteiger partial charge on any atom is 0.265 e. The number of nitrogens with zero attached hydrogens (tertiary/aromatic N) is 3. The molecule has 1 fully saturated rings. The zero-order chi connectivity index (χ0) is 23.9. The molecule has 34 heavy (non-hydrogen) atoms. The number of aromatic nitrogens is 1. The molecule has 1 atom stereocenters. The van der Waals surface area contributed by atoms with Crippen LogP contribution in [0.1, 0.15) is 39.1 Å². The predicted octanol–water partition coefficient (Wildman–Crippen LogP) is 6.72. The summed E-state index contributed by atoms with van der Waals surface area (Å²) in [4.78, 5) is 19.2. The van der Waals surface area contributed by atoms with Crippen LogP contribution in [0.2, 0.25) is 0 Å². The number of fused-ring (bicyclic) bond motifs is 2. The molecular weight excluding hydrogens is 479 g/mol. The fourth-order valence-corrected chi connectivity index (χ4v) is 8.37. The van der Waals surface area contributed by atoms with Crippen molar-refractivity contribution in [1.29, 1.82) is 0 Å². The summed E-state index contributed by atoms with van der Waals surface area (Å²) < 4.78 is 3.12. The van der Waals surface area contributed by atoms with E-state index < -0.39 is 4.75 Å². The van der Waals surface area contributed by atoms with Gasteiger partial charge in [-0.2, -0.15) is 4.57 Å². The first kappa shape index (κ1) is 23.5. The van der Waals surface area contributed by atoms with Crippen LogP contribution >= 0.6 is 34.9 Å². The smallest absolute Gasteiger partial charge is 0.265 e. The number of hydrogen-bond donors (Lipinski definition) is 0. The van der Waals surface area contributed by atoms with Gasteiger partial charge in [-0.05, 0) is 52.3 Å². The van der Waals surface area contributed by atoms with Crippen molar-refractivity contribution in [2.24, 2.45) is 0 Å².